The van der Waals surface area contributed by atoms with Gasteiger partial charge in [0.15, 0.2) is 0 Å². The SMILES string of the molecule is CC(C)c1ccc(-c2nnc(NC(=O)[C@H]3CNC(=O)N3)s2)cc1. The number of nitrogens with one attached hydrogen (secondary N) is 3. The first kappa shape index (κ1) is 15.4. The number of amides is 3. The van der Waals surface area contributed by atoms with Crippen LogP contribution in [-0.4, -0.2) is 34.7 Å². The number of rotatable bonds is 4. The Bertz CT molecular complexity index is 726. The average Bonchev–Trinajstić information content (AvgIpc) is 3.16. The predicted octanol–water partition coefficient (Wildman–Crippen LogP) is 1.95. The molecule has 0 bridgehead atoms. The van der Waals surface area contributed by atoms with Gasteiger partial charge in [0, 0.05) is 12.1 Å². The van der Waals surface area contributed by atoms with Crippen LogP contribution in [0.5, 0.6) is 0 Å². The first-order valence-electron chi connectivity index (χ1n) is 7.32. The van der Waals surface area contributed by atoms with Gasteiger partial charge in [-0.05, 0) is 11.5 Å². The number of nitrogens with zero attached hydrogens (tertiary/aromatic N) is 2. The Morgan fingerprint density at radius 3 is 2.65 bits per heavy atom. The molecule has 0 saturated carbocycles. The smallest absolute Gasteiger partial charge is 0.315 e. The second-order valence-electron chi connectivity index (χ2n) is 5.59. The van der Waals surface area contributed by atoms with Gasteiger partial charge in [0.1, 0.15) is 11.0 Å². The molecule has 0 radical (unpaired) electrons. The van der Waals surface area contributed by atoms with E-state index in [0.717, 1.165) is 10.6 Å². The molecule has 1 aromatic carbocycles. The number of benzene rings is 1. The zero-order valence-electron chi connectivity index (χ0n) is 12.8. The van der Waals surface area contributed by atoms with E-state index in [2.05, 4.69) is 52.1 Å². The molecule has 120 valence electrons. The summed E-state index contributed by atoms with van der Waals surface area (Å²) in [4.78, 5) is 23.0. The normalized spacial score (nSPS) is 17.0. The van der Waals surface area contributed by atoms with Crippen LogP contribution in [0.2, 0.25) is 0 Å². The average molecular weight is 331 g/mol. The second-order valence-corrected chi connectivity index (χ2v) is 6.56. The van der Waals surface area contributed by atoms with Crippen molar-refractivity contribution in [3.8, 4) is 10.6 Å². The highest BCUT2D eigenvalue weighted by Gasteiger charge is 2.27. The molecule has 0 spiro atoms. The molecule has 1 fully saturated rings. The van der Waals surface area contributed by atoms with Gasteiger partial charge in [0.25, 0.3) is 5.91 Å². The summed E-state index contributed by atoms with van der Waals surface area (Å²) in [6, 6.07) is 7.22. The van der Waals surface area contributed by atoms with Crippen molar-refractivity contribution in [1.82, 2.24) is 20.8 Å². The van der Waals surface area contributed by atoms with Gasteiger partial charge in [-0.25, -0.2) is 4.79 Å². The van der Waals surface area contributed by atoms with Crippen molar-refractivity contribution in [2.75, 3.05) is 11.9 Å². The van der Waals surface area contributed by atoms with E-state index in [1.54, 1.807) is 0 Å². The van der Waals surface area contributed by atoms with Crippen molar-refractivity contribution in [3.05, 3.63) is 29.8 Å². The lowest BCUT2D eigenvalue weighted by molar-refractivity contribution is -0.117. The third kappa shape index (κ3) is 3.48. The Morgan fingerprint density at radius 2 is 2.04 bits per heavy atom. The Morgan fingerprint density at radius 1 is 1.30 bits per heavy atom. The highest BCUT2D eigenvalue weighted by molar-refractivity contribution is 7.18. The summed E-state index contributed by atoms with van der Waals surface area (Å²) in [7, 11) is 0. The molecule has 23 heavy (non-hydrogen) atoms. The lowest BCUT2D eigenvalue weighted by Crippen LogP contribution is -2.38. The van der Waals surface area contributed by atoms with Crippen molar-refractivity contribution in [2.45, 2.75) is 25.8 Å². The molecule has 7 nitrogen and oxygen atoms in total. The topological polar surface area (TPSA) is 96.0 Å². The predicted molar refractivity (Wildman–Crippen MR) is 88.4 cm³/mol. The molecular formula is C15H17N5O2S. The molecule has 3 rings (SSSR count). The Hall–Kier alpha value is -2.48. The van der Waals surface area contributed by atoms with E-state index >= 15 is 0 Å². The largest absolute Gasteiger partial charge is 0.336 e. The van der Waals surface area contributed by atoms with Gasteiger partial charge in [0.2, 0.25) is 5.13 Å². The van der Waals surface area contributed by atoms with E-state index in [1.165, 1.54) is 16.9 Å². The Balaban J connectivity index is 1.68. The van der Waals surface area contributed by atoms with Crippen LogP contribution < -0.4 is 16.0 Å². The van der Waals surface area contributed by atoms with Gasteiger partial charge in [-0.2, -0.15) is 0 Å². The molecule has 1 aromatic heterocycles. The molecule has 1 aliphatic rings. The summed E-state index contributed by atoms with van der Waals surface area (Å²) >= 11 is 1.30. The number of carbonyl (C=O) groups excluding carboxylic acids is 2. The van der Waals surface area contributed by atoms with E-state index < -0.39 is 6.04 Å². The fourth-order valence-electron chi connectivity index (χ4n) is 2.21. The molecule has 3 amide bonds. The van der Waals surface area contributed by atoms with E-state index in [1.807, 2.05) is 12.1 Å². The third-order valence-corrected chi connectivity index (χ3v) is 4.46. The molecule has 2 aromatic rings. The van der Waals surface area contributed by atoms with Gasteiger partial charge in [-0.3, -0.25) is 10.1 Å². The van der Waals surface area contributed by atoms with E-state index in [4.69, 9.17) is 0 Å². The highest BCUT2D eigenvalue weighted by atomic mass is 32.1. The Kier molecular flexibility index (Phi) is 4.24. The highest BCUT2D eigenvalue weighted by Crippen LogP contribution is 2.27. The fourth-order valence-corrected chi connectivity index (χ4v) is 2.96. The first-order valence-corrected chi connectivity index (χ1v) is 8.13. The van der Waals surface area contributed by atoms with Crippen LogP contribution in [0.1, 0.15) is 25.3 Å². The standard InChI is InChI=1S/C15H17N5O2S/c1-8(2)9-3-5-10(6-4-9)13-19-20-15(23-13)18-12(21)11-7-16-14(22)17-11/h3-6,8,11H,7H2,1-2H3,(H2,16,17,22)(H,18,20,21)/t11-/m1/s1. The Labute approximate surface area is 137 Å². The van der Waals surface area contributed by atoms with Crippen LogP contribution in [0.15, 0.2) is 24.3 Å². The monoisotopic (exact) mass is 331 g/mol. The zero-order chi connectivity index (χ0) is 16.4. The molecule has 2 heterocycles. The summed E-state index contributed by atoms with van der Waals surface area (Å²) in [6.07, 6.45) is 0. The molecule has 3 N–H and O–H groups in total. The van der Waals surface area contributed by atoms with Crippen molar-refractivity contribution in [2.24, 2.45) is 0 Å². The minimum Gasteiger partial charge on any atom is -0.336 e. The van der Waals surface area contributed by atoms with Gasteiger partial charge in [0.05, 0.1) is 0 Å². The number of hydrogen-bond acceptors (Lipinski definition) is 5. The van der Waals surface area contributed by atoms with Crippen molar-refractivity contribution in [3.63, 3.8) is 0 Å². The molecule has 1 atom stereocenters. The minimum absolute atomic E-state index is 0.271. The molecule has 0 aliphatic carbocycles. The van der Waals surface area contributed by atoms with Gasteiger partial charge in [-0.15, -0.1) is 10.2 Å². The second kappa shape index (κ2) is 6.33. The van der Waals surface area contributed by atoms with Crippen LogP contribution in [0.4, 0.5) is 9.93 Å². The minimum atomic E-state index is -0.583. The summed E-state index contributed by atoms with van der Waals surface area (Å²) in [6.45, 7) is 4.56. The van der Waals surface area contributed by atoms with Gasteiger partial charge >= 0.3 is 6.03 Å². The number of anilines is 1. The molecular weight excluding hydrogens is 314 g/mol. The quantitative estimate of drug-likeness (QED) is 0.798. The van der Waals surface area contributed by atoms with Crippen LogP contribution in [0.25, 0.3) is 10.6 Å². The summed E-state index contributed by atoms with van der Waals surface area (Å²) in [5, 5.41) is 17.0. The number of hydrogen-bond donors (Lipinski definition) is 3. The number of urea groups is 1. The molecule has 1 aliphatic heterocycles. The van der Waals surface area contributed by atoms with Crippen molar-refractivity contribution in [1.29, 1.82) is 0 Å². The van der Waals surface area contributed by atoms with Crippen molar-refractivity contribution < 1.29 is 9.59 Å². The third-order valence-electron chi connectivity index (χ3n) is 3.57. The van der Waals surface area contributed by atoms with Gasteiger partial charge in [-0.1, -0.05) is 49.4 Å². The number of carbonyl (C=O) groups is 2. The lowest BCUT2D eigenvalue weighted by atomic mass is 10.0. The first-order chi connectivity index (χ1) is 11.0. The van der Waals surface area contributed by atoms with E-state index in [0.29, 0.717) is 11.0 Å². The summed E-state index contributed by atoms with van der Waals surface area (Å²) < 4.78 is 0. The van der Waals surface area contributed by atoms with Crippen molar-refractivity contribution >= 4 is 28.4 Å². The zero-order valence-corrected chi connectivity index (χ0v) is 13.6. The summed E-state index contributed by atoms with van der Waals surface area (Å²) in [5.41, 5.74) is 2.22. The van der Waals surface area contributed by atoms with E-state index in [-0.39, 0.29) is 18.5 Å². The lowest BCUT2D eigenvalue weighted by Gasteiger charge is -2.06. The maximum Gasteiger partial charge on any atom is 0.315 e. The van der Waals surface area contributed by atoms with E-state index in [9.17, 15) is 9.59 Å². The summed E-state index contributed by atoms with van der Waals surface area (Å²) in [5.74, 6) is 0.171. The van der Waals surface area contributed by atoms with Crippen LogP contribution in [0, 0.1) is 0 Å². The van der Waals surface area contributed by atoms with Crippen LogP contribution in [0.3, 0.4) is 0 Å². The number of aromatic nitrogens is 2. The molecule has 1 saturated heterocycles. The maximum absolute atomic E-state index is 12.0. The molecule has 8 heteroatoms. The molecule has 0 unspecified atom stereocenters. The van der Waals surface area contributed by atoms with Gasteiger partial charge < -0.3 is 10.6 Å². The van der Waals surface area contributed by atoms with Crippen LogP contribution >= 0.6 is 11.3 Å². The maximum atomic E-state index is 12.0. The van der Waals surface area contributed by atoms with Crippen LogP contribution in [-0.2, 0) is 4.79 Å². The fraction of sp³-hybridized carbons (Fsp3) is 0.333.